The molecule has 1 saturated heterocycles. The van der Waals surface area contributed by atoms with Crippen molar-refractivity contribution in [2.24, 2.45) is 0 Å². The summed E-state index contributed by atoms with van der Waals surface area (Å²) >= 11 is 0. The summed E-state index contributed by atoms with van der Waals surface area (Å²) in [5.74, 6) is -1.02. The third kappa shape index (κ3) is 6.92. The predicted octanol–water partition coefficient (Wildman–Crippen LogP) is 3.56. The number of carbonyl (C=O) groups is 3. The van der Waals surface area contributed by atoms with Crippen LogP contribution in [0.5, 0.6) is 11.5 Å². The van der Waals surface area contributed by atoms with Crippen LogP contribution in [0.25, 0.3) is 11.0 Å². The van der Waals surface area contributed by atoms with E-state index in [0.717, 1.165) is 12.8 Å². The molecule has 0 unspecified atom stereocenters. The van der Waals surface area contributed by atoms with Crippen LogP contribution in [0.4, 0.5) is 11.4 Å². The van der Waals surface area contributed by atoms with Gasteiger partial charge in [-0.25, -0.2) is 4.68 Å². The van der Waals surface area contributed by atoms with E-state index in [2.05, 4.69) is 20.9 Å². The number of aromatic nitrogens is 3. The molecule has 1 aliphatic rings. The lowest BCUT2D eigenvalue weighted by molar-refractivity contribution is -0.127. The zero-order valence-electron chi connectivity index (χ0n) is 24.0. The smallest absolute Gasteiger partial charge is 0.249 e. The SMILES string of the molecule is CCOc1cc([C@H](C(=O)NC[C@@H]2CCCO2)N(C(=O)Cn2nnc3ccccc32)c2ccc(NC(C)=O)cc2)ccc1O. The lowest BCUT2D eigenvalue weighted by atomic mass is 10.0. The summed E-state index contributed by atoms with van der Waals surface area (Å²) in [6, 6.07) is 17.3. The number of phenols is 1. The molecule has 1 aromatic heterocycles. The zero-order chi connectivity index (χ0) is 30.3. The molecule has 3 amide bonds. The summed E-state index contributed by atoms with van der Waals surface area (Å²) in [7, 11) is 0. The number of aromatic hydroxyl groups is 1. The molecule has 3 N–H and O–H groups in total. The van der Waals surface area contributed by atoms with Gasteiger partial charge in [0.2, 0.25) is 17.7 Å². The highest BCUT2D eigenvalue weighted by Gasteiger charge is 2.34. The van der Waals surface area contributed by atoms with E-state index < -0.39 is 17.9 Å². The van der Waals surface area contributed by atoms with Crippen LogP contribution in [0.1, 0.15) is 38.3 Å². The minimum absolute atomic E-state index is 0.0873. The molecule has 2 heterocycles. The molecule has 0 aliphatic carbocycles. The molecule has 0 spiro atoms. The number of ether oxygens (including phenoxy) is 2. The van der Waals surface area contributed by atoms with Crippen molar-refractivity contribution < 1.29 is 29.0 Å². The van der Waals surface area contributed by atoms with Gasteiger partial charge in [0.05, 0.1) is 18.2 Å². The van der Waals surface area contributed by atoms with Crippen molar-refractivity contribution in [1.82, 2.24) is 20.3 Å². The molecule has 5 rings (SSSR count). The Morgan fingerprint density at radius 2 is 1.93 bits per heavy atom. The van der Waals surface area contributed by atoms with Crippen LogP contribution in [0, 0.1) is 0 Å². The van der Waals surface area contributed by atoms with E-state index in [4.69, 9.17) is 9.47 Å². The summed E-state index contributed by atoms with van der Waals surface area (Å²) in [6.45, 7) is 4.19. The first-order chi connectivity index (χ1) is 20.8. The van der Waals surface area contributed by atoms with Crippen LogP contribution in [-0.4, -0.2) is 63.7 Å². The fourth-order valence-electron chi connectivity index (χ4n) is 5.09. The van der Waals surface area contributed by atoms with Gasteiger partial charge in [-0.05, 0) is 73.9 Å². The maximum absolute atomic E-state index is 14.3. The Morgan fingerprint density at radius 1 is 1.14 bits per heavy atom. The number of fused-ring (bicyclic) bond motifs is 1. The Bertz CT molecular complexity index is 1600. The molecular weight excluding hydrogens is 552 g/mol. The lowest BCUT2D eigenvalue weighted by Crippen LogP contribution is -2.46. The van der Waals surface area contributed by atoms with Crippen LogP contribution >= 0.6 is 0 Å². The monoisotopic (exact) mass is 586 g/mol. The Hall–Kier alpha value is -4.97. The highest BCUT2D eigenvalue weighted by atomic mass is 16.5. The van der Waals surface area contributed by atoms with Crippen LogP contribution in [-0.2, 0) is 25.7 Å². The first-order valence-electron chi connectivity index (χ1n) is 14.2. The van der Waals surface area contributed by atoms with E-state index >= 15 is 0 Å². The van der Waals surface area contributed by atoms with Gasteiger partial charge in [-0.3, -0.25) is 19.3 Å². The topological polar surface area (TPSA) is 148 Å². The van der Waals surface area contributed by atoms with Gasteiger partial charge in [0, 0.05) is 31.5 Å². The van der Waals surface area contributed by atoms with Gasteiger partial charge >= 0.3 is 0 Å². The van der Waals surface area contributed by atoms with Crippen molar-refractivity contribution in [3.8, 4) is 11.5 Å². The van der Waals surface area contributed by atoms with Crippen LogP contribution in [0.15, 0.2) is 66.7 Å². The van der Waals surface area contributed by atoms with E-state index in [-0.39, 0.29) is 36.6 Å². The Morgan fingerprint density at radius 3 is 2.65 bits per heavy atom. The van der Waals surface area contributed by atoms with Crippen molar-refractivity contribution in [2.45, 2.75) is 45.4 Å². The van der Waals surface area contributed by atoms with Crippen molar-refractivity contribution in [3.63, 3.8) is 0 Å². The second-order valence-corrected chi connectivity index (χ2v) is 10.2. The number of para-hydroxylation sites is 1. The first-order valence-corrected chi connectivity index (χ1v) is 14.2. The number of amides is 3. The number of nitrogens with one attached hydrogen (secondary N) is 2. The third-order valence-corrected chi connectivity index (χ3v) is 7.07. The summed E-state index contributed by atoms with van der Waals surface area (Å²) in [4.78, 5) is 41.3. The van der Waals surface area contributed by atoms with Crippen molar-refractivity contribution >= 4 is 40.1 Å². The van der Waals surface area contributed by atoms with Crippen molar-refractivity contribution in [1.29, 1.82) is 0 Å². The Kier molecular flexibility index (Phi) is 9.16. The molecule has 224 valence electrons. The molecule has 12 heteroatoms. The summed E-state index contributed by atoms with van der Waals surface area (Å²) in [5.41, 5.74) is 2.67. The van der Waals surface area contributed by atoms with Crippen LogP contribution < -0.4 is 20.3 Å². The van der Waals surface area contributed by atoms with Crippen molar-refractivity contribution in [3.05, 3.63) is 72.3 Å². The maximum Gasteiger partial charge on any atom is 0.249 e. The van der Waals surface area contributed by atoms with E-state index in [1.165, 1.54) is 22.6 Å². The van der Waals surface area contributed by atoms with E-state index in [1.807, 2.05) is 18.2 Å². The molecular formula is C31H34N6O6. The standard InChI is InChI=1S/C31H34N6O6/c1-3-42-28-17-21(10-15-27(28)39)30(31(41)32-18-24-7-6-16-43-24)37(23-13-11-22(12-14-23)33-20(2)38)29(40)19-36-26-9-5-4-8-25(26)34-35-36/h4-5,8-15,17,24,30,39H,3,6-7,16,18-19H2,1-2H3,(H,32,41)(H,33,38)/t24-,30+/m0/s1. The highest BCUT2D eigenvalue weighted by Crippen LogP contribution is 2.35. The van der Waals surface area contributed by atoms with Crippen molar-refractivity contribution in [2.75, 3.05) is 30.0 Å². The lowest BCUT2D eigenvalue weighted by Gasteiger charge is -2.32. The first kappa shape index (κ1) is 29.5. The molecule has 1 fully saturated rings. The Balaban J connectivity index is 1.57. The molecule has 3 aromatic carbocycles. The second-order valence-electron chi connectivity index (χ2n) is 10.2. The van der Waals surface area contributed by atoms with E-state index in [9.17, 15) is 19.5 Å². The van der Waals surface area contributed by atoms with Crippen LogP contribution in [0.3, 0.4) is 0 Å². The number of anilines is 2. The van der Waals surface area contributed by atoms with Gasteiger partial charge in [-0.2, -0.15) is 0 Å². The van der Waals surface area contributed by atoms with Gasteiger partial charge in [-0.15, -0.1) is 5.10 Å². The number of nitrogens with zero attached hydrogens (tertiary/aromatic N) is 4. The van der Waals surface area contributed by atoms with E-state index in [0.29, 0.717) is 41.2 Å². The number of rotatable bonds is 11. The molecule has 12 nitrogen and oxygen atoms in total. The Labute approximate surface area is 248 Å². The fourth-order valence-corrected chi connectivity index (χ4v) is 5.09. The average Bonchev–Trinajstić information content (AvgIpc) is 3.67. The molecule has 43 heavy (non-hydrogen) atoms. The largest absolute Gasteiger partial charge is 0.504 e. The second kappa shape index (κ2) is 13.3. The molecule has 0 radical (unpaired) electrons. The van der Waals surface area contributed by atoms with E-state index in [1.54, 1.807) is 49.4 Å². The minimum atomic E-state index is -1.16. The number of hydrogen-bond donors (Lipinski definition) is 3. The molecule has 0 bridgehead atoms. The maximum atomic E-state index is 14.3. The number of carbonyl (C=O) groups excluding carboxylic acids is 3. The van der Waals surface area contributed by atoms with Gasteiger partial charge in [0.25, 0.3) is 0 Å². The van der Waals surface area contributed by atoms with Gasteiger partial charge < -0.3 is 25.2 Å². The molecule has 2 atom stereocenters. The summed E-state index contributed by atoms with van der Waals surface area (Å²) in [6.07, 6.45) is 1.62. The average molecular weight is 587 g/mol. The summed E-state index contributed by atoms with van der Waals surface area (Å²) < 4.78 is 12.8. The zero-order valence-corrected chi connectivity index (χ0v) is 24.0. The third-order valence-electron chi connectivity index (χ3n) is 7.07. The normalized spacial score (nSPS) is 15.2. The predicted molar refractivity (Wildman–Crippen MR) is 160 cm³/mol. The van der Waals surface area contributed by atoms with Gasteiger partial charge in [0.15, 0.2) is 11.5 Å². The number of phenolic OH excluding ortho intramolecular Hbond substituents is 1. The van der Waals surface area contributed by atoms with Crippen LogP contribution in [0.2, 0.25) is 0 Å². The molecule has 0 saturated carbocycles. The van der Waals surface area contributed by atoms with Gasteiger partial charge in [-0.1, -0.05) is 23.4 Å². The summed E-state index contributed by atoms with van der Waals surface area (Å²) in [5, 5.41) is 24.4. The fraction of sp³-hybridized carbons (Fsp3) is 0.323. The highest BCUT2D eigenvalue weighted by molar-refractivity contribution is 6.02. The molecule has 1 aliphatic heterocycles. The number of benzene rings is 3. The van der Waals surface area contributed by atoms with Gasteiger partial charge in [0.1, 0.15) is 18.1 Å². The molecule has 4 aromatic rings. The quantitative estimate of drug-likeness (QED) is 0.242. The number of hydrogen-bond acceptors (Lipinski definition) is 8. The minimum Gasteiger partial charge on any atom is -0.504 e.